The van der Waals surface area contributed by atoms with E-state index in [4.69, 9.17) is 0 Å². The molecule has 0 atom stereocenters. The zero-order valence-corrected chi connectivity index (χ0v) is 8.90. The van der Waals surface area contributed by atoms with Gasteiger partial charge in [-0.2, -0.15) is 0 Å². The third kappa shape index (κ3) is 2.15. The van der Waals surface area contributed by atoms with Gasteiger partial charge in [-0.05, 0) is 24.0 Å². The number of benzene rings is 1. The molecular formula is C10H12OS2. The van der Waals surface area contributed by atoms with Crippen LogP contribution < -0.4 is 0 Å². The van der Waals surface area contributed by atoms with E-state index in [2.05, 4.69) is 0 Å². The van der Waals surface area contributed by atoms with Crippen LogP contribution in [0.15, 0.2) is 24.3 Å². The molecule has 0 saturated carbocycles. The summed E-state index contributed by atoms with van der Waals surface area (Å²) in [6.45, 7) is 0. The van der Waals surface area contributed by atoms with E-state index in [1.54, 1.807) is 6.07 Å². The maximum atomic E-state index is 9.64. The molecule has 0 amide bonds. The molecular weight excluding hydrogens is 200 g/mol. The minimum atomic E-state index is 0.439. The monoisotopic (exact) mass is 212 g/mol. The zero-order valence-electron chi connectivity index (χ0n) is 7.27. The molecule has 1 aliphatic rings. The Balaban J connectivity index is 2.18. The van der Waals surface area contributed by atoms with Gasteiger partial charge in [0.25, 0.3) is 0 Å². The van der Waals surface area contributed by atoms with Gasteiger partial charge in [-0.15, -0.1) is 23.5 Å². The Labute approximate surface area is 86.9 Å². The highest BCUT2D eigenvalue weighted by Crippen LogP contribution is 2.46. The highest BCUT2D eigenvalue weighted by Gasteiger charge is 2.18. The molecule has 1 N–H and O–H groups in total. The topological polar surface area (TPSA) is 20.2 Å². The van der Waals surface area contributed by atoms with Crippen molar-refractivity contribution in [2.45, 2.75) is 11.0 Å². The summed E-state index contributed by atoms with van der Waals surface area (Å²) in [5.74, 6) is 2.87. The van der Waals surface area contributed by atoms with Gasteiger partial charge in [-0.1, -0.05) is 18.2 Å². The molecule has 0 aromatic heterocycles. The van der Waals surface area contributed by atoms with Crippen LogP contribution in [0.2, 0.25) is 0 Å². The van der Waals surface area contributed by atoms with Crippen molar-refractivity contribution in [3.63, 3.8) is 0 Å². The summed E-state index contributed by atoms with van der Waals surface area (Å²) in [5, 5.41) is 9.64. The lowest BCUT2D eigenvalue weighted by molar-refractivity contribution is 0.470. The molecule has 0 aliphatic carbocycles. The average Bonchev–Trinajstić information content (AvgIpc) is 2.20. The Morgan fingerprint density at radius 2 is 1.85 bits per heavy atom. The number of hydrogen-bond acceptors (Lipinski definition) is 3. The number of aromatic hydroxyl groups is 1. The molecule has 0 unspecified atom stereocenters. The molecule has 1 nitrogen and oxygen atoms in total. The normalized spacial score (nSPS) is 18.8. The van der Waals surface area contributed by atoms with Crippen LogP contribution in [0.5, 0.6) is 5.75 Å². The second kappa shape index (κ2) is 4.29. The van der Waals surface area contributed by atoms with E-state index >= 15 is 0 Å². The van der Waals surface area contributed by atoms with Crippen LogP contribution in [-0.2, 0) is 0 Å². The fourth-order valence-corrected chi connectivity index (χ4v) is 4.31. The molecule has 70 valence electrons. The van der Waals surface area contributed by atoms with E-state index in [0.29, 0.717) is 10.3 Å². The minimum absolute atomic E-state index is 0.439. The Kier molecular flexibility index (Phi) is 3.06. The summed E-state index contributed by atoms with van der Waals surface area (Å²) in [6.07, 6.45) is 1.29. The molecule has 1 fully saturated rings. The van der Waals surface area contributed by atoms with Crippen LogP contribution in [0, 0.1) is 0 Å². The predicted octanol–water partition coefficient (Wildman–Crippen LogP) is 3.26. The second-order valence-electron chi connectivity index (χ2n) is 2.99. The van der Waals surface area contributed by atoms with Crippen molar-refractivity contribution in [2.24, 2.45) is 0 Å². The van der Waals surface area contributed by atoms with E-state index in [1.807, 2.05) is 41.7 Å². The lowest BCUT2D eigenvalue weighted by Gasteiger charge is -2.21. The van der Waals surface area contributed by atoms with E-state index in [1.165, 1.54) is 17.9 Å². The van der Waals surface area contributed by atoms with Gasteiger partial charge < -0.3 is 5.11 Å². The van der Waals surface area contributed by atoms with Gasteiger partial charge in [-0.25, -0.2) is 0 Å². The van der Waals surface area contributed by atoms with Crippen LogP contribution >= 0.6 is 23.5 Å². The van der Waals surface area contributed by atoms with Crippen molar-refractivity contribution >= 4 is 23.5 Å². The first-order valence-corrected chi connectivity index (χ1v) is 6.49. The number of phenols is 1. The van der Waals surface area contributed by atoms with Crippen LogP contribution in [0.3, 0.4) is 0 Å². The number of hydrogen-bond donors (Lipinski definition) is 1. The molecule has 1 heterocycles. The van der Waals surface area contributed by atoms with Crippen LogP contribution in [-0.4, -0.2) is 16.6 Å². The molecule has 2 rings (SSSR count). The van der Waals surface area contributed by atoms with Gasteiger partial charge in [0.1, 0.15) is 5.75 Å². The Bertz CT molecular complexity index is 282. The van der Waals surface area contributed by atoms with Crippen molar-refractivity contribution in [3.8, 4) is 5.75 Å². The van der Waals surface area contributed by atoms with E-state index < -0.39 is 0 Å². The summed E-state index contributed by atoms with van der Waals surface area (Å²) in [5.41, 5.74) is 1.08. The third-order valence-corrected chi connectivity index (χ3v) is 5.00. The summed E-state index contributed by atoms with van der Waals surface area (Å²) in [4.78, 5) is 0. The van der Waals surface area contributed by atoms with Gasteiger partial charge in [0.15, 0.2) is 0 Å². The van der Waals surface area contributed by atoms with Crippen molar-refractivity contribution in [1.29, 1.82) is 0 Å². The van der Waals surface area contributed by atoms with E-state index in [0.717, 1.165) is 5.56 Å². The summed E-state index contributed by atoms with van der Waals surface area (Å²) >= 11 is 3.87. The Morgan fingerprint density at radius 3 is 2.54 bits per heavy atom. The quantitative estimate of drug-likeness (QED) is 0.771. The van der Waals surface area contributed by atoms with Gasteiger partial charge in [0.05, 0.1) is 4.58 Å². The third-order valence-electron chi connectivity index (χ3n) is 2.02. The average molecular weight is 212 g/mol. The molecule has 0 bridgehead atoms. The lowest BCUT2D eigenvalue weighted by Crippen LogP contribution is -2.00. The summed E-state index contributed by atoms with van der Waals surface area (Å²) in [6, 6.07) is 7.65. The van der Waals surface area contributed by atoms with Gasteiger partial charge in [0.2, 0.25) is 0 Å². The predicted molar refractivity (Wildman–Crippen MR) is 60.4 cm³/mol. The molecule has 0 spiro atoms. The van der Waals surface area contributed by atoms with E-state index in [-0.39, 0.29) is 0 Å². The van der Waals surface area contributed by atoms with Crippen LogP contribution in [0.4, 0.5) is 0 Å². The lowest BCUT2D eigenvalue weighted by atomic mass is 10.2. The standard InChI is InChI=1S/C10H12OS2/c11-9-5-2-1-4-8(9)10-12-6-3-7-13-10/h1-2,4-5,10-11H,3,6-7H2. The fraction of sp³-hybridized carbons (Fsp3) is 0.400. The van der Waals surface area contributed by atoms with Gasteiger partial charge in [-0.3, -0.25) is 0 Å². The molecule has 13 heavy (non-hydrogen) atoms. The van der Waals surface area contributed by atoms with Gasteiger partial charge in [0, 0.05) is 5.56 Å². The minimum Gasteiger partial charge on any atom is -0.508 e. The maximum Gasteiger partial charge on any atom is 0.120 e. The highest BCUT2D eigenvalue weighted by atomic mass is 32.2. The van der Waals surface area contributed by atoms with Crippen molar-refractivity contribution in [3.05, 3.63) is 29.8 Å². The molecule has 3 heteroatoms. The summed E-state index contributed by atoms with van der Waals surface area (Å²) in [7, 11) is 0. The molecule has 0 radical (unpaired) electrons. The highest BCUT2D eigenvalue weighted by molar-refractivity contribution is 8.16. The smallest absolute Gasteiger partial charge is 0.120 e. The molecule has 1 aromatic rings. The molecule has 1 saturated heterocycles. The Hall–Kier alpha value is -0.280. The SMILES string of the molecule is Oc1ccccc1C1SCCCS1. The van der Waals surface area contributed by atoms with E-state index in [9.17, 15) is 5.11 Å². The first-order chi connectivity index (χ1) is 6.38. The van der Waals surface area contributed by atoms with Crippen LogP contribution in [0.25, 0.3) is 0 Å². The first-order valence-electron chi connectivity index (χ1n) is 4.39. The van der Waals surface area contributed by atoms with Gasteiger partial charge >= 0.3 is 0 Å². The summed E-state index contributed by atoms with van der Waals surface area (Å²) < 4.78 is 0.440. The van der Waals surface area contributed by atoms with Crippen molar-refractivity contribution in [2.75, 3.05) is 11.5 Å². The first kappa shape index (κ1) is 9.28. The number of para-hydroxylation sites is 1. The Morgan fingerprint density at radius 1 is 1.15 bits per heavy atom. The zero-order chi connectivity index (χ0) is 9.10. The van der Waals surface area contributed by atoms with Crippen molar-refractivity contribution < 1.29 is 5.11 Å². The van der Waals surface area contributed by atoms with Crippen LogP contribution in [0.1, 0.15) is 16.6 Å². The molecule has 1 aromatic carbocycles. The number of phenolic OH excluding ortho intramolecular Hbond substituents is 1. The largest absolute Gasteiger partial charge is 0.508 e. The molecule has 1 aliphatic heterocycles. The fourth-order valence-electron chi connectivity index (χ4n) is 1.35. The maximum absolute atomic E-state index is 9.64. The number of thioether (sulfide) groups is 2. The second-order valence-corrected chi connectivity index (χ2v) is 5.71. The number of rotatable bonds is 1. The van der Waals surface area contributed by atoms with Crippen molar-refractivity contribution in [1.82, 2.24) is 0 Å².